The minimum absolute atomic E-state index is 0.0307. The predicted molar refractivity (Wildman–Crippen MR) is 119 cm³/mol. The Bertz CT molecular complexity index is 971. The molecule has 0 bridgehead atoms. The Morgan fingerprint density at radius 3 is 2.22 bits per heavy atom. The van der Waals surface area contributed by atoms with Crippen LogP contribution < -0.4 is 5.32 Å². The van der Waals surface area contributed by atoms with Crippen molar-refractivity contribution >= 4 is 18.0 Å². The number of nitrogens with one attached hydrogen (secondary N) is 1. The number of rotatable bonds is 9. The van der Waals surface area contributed by atoms with E-state index in [0.717, 1.165) is 35.1 Å². The second-order valence-electron chi connectivity index (χ2n) is 8.66. The Kier molecular flexibility index (Phi) is 6.44. The van der Waals surface area contributed by atoms with Crippen molar-refractivity contribution < 1.29 is 24.2 Å². The van der Waals surface area contributed by atoms with E-state index in [4.69, 9.17) is 9.84 Å². The second kappa shape index (κ2) is 9.42. The number of amides is 2. The summed E-state index contributed by atoms with van der Waals surface area (Å²) in [5.41, 5.74) is 4.58. The number of hydrogen-bond acceptors (Lipinski definition) is 4. The maximum atomic E-state index is 12.7. The van der Waals surface area contributed by atoms with Crippen LogP contribution in [0.1, 0.15) is 36.8 Å². The van der Waals surface area contributed by atoms with E-state index < -0.39 is 18.0 Å². The fourth-order valence-electron chi connectivity index (χ4n) is 4.29. The van der Waals surface area contributed by atoms with Crippen LogP contribution in [0.2, 0.25) is 0 Å². The zero-order valence-corrected chi connectivity index (χ0v) is 18.1. The molecule has 7 heteroatoms. The van der Waals surface area contributed by atoms with Gasteiger partial charge in [0.15, 0.2) is 0 Å². The van der Waals surface area contributed by atoms with Gasteiger partial charge in [0.25, 0.3) is 0 Å². The molecule has 0 saturated heterocycles. The van der Waals surface area contributed by atoms with Gasteiger partial charge in [-0.15, -0.1) is 0 Å². The van der Waals surface area contributed by atoms with Gasteiger partial charge in [-0.3, -0.25) is 9.59 Å². The van der Waals surface area contributed by atoms with Crippen molar-refractivity contribution in [2.24, 2.45) is 11.8 Å². The number of ether oxygens (including phenoxy) is 1. The highest BCUT2D eigenvalue weighted by atomic mass is 16.5. The van der Waals surface area contributed by atoms with Crippen molar-refractivity contribution in [1.82, 2.24) is 10.2 Å². The van der Waals surface area contributed by atoms with Gasteiger partial charge in [0.1, 0.15) is 13.2 Å². The molecule has 168 valence electrons. The molecule has 2 aromatic carbocycles. The van der Waals surface area contributed by atoms with Crippen LogP contribution in [0.15, 0.2) is 48.5 Å². The maximum Gasteiger partial charge on any atom is 0.407 e. The molecule has 0 radical (unpaired) electrons. The zero-order valence-electron chi connectivity index (χ0n) is 18.1. The SMILES string of the molecule is CC(CNC(=O)OCC1c2ccccc2-c2ccccc21)C(=O)N(CC(=O)O)CC1CC1. The Labute approximate surface area is 187 Å². The fraction of sp³-hybridized carbons (Fsp3) is 0.400. The minimum atomic E-state index is -1.03. The number of carboxylic acid groups (broad SMARTS) is 1. The predicted octanol–water partition coefficient (Wildman–Crippen LogP) is 3.48. The molecular weight excluding hydrogens is 408 g/mol. The lowest BCUT2D eigenvalue weighted by atomic mass is 9.98. The third kappa shape index (κ3) is 4.93. The summed E-state index contributed by atoms with van der Waals surface area (Å²) in [4.78, 5) is 37.5. The summed E-state index contributed by atoms with van der Waals surface area (Å²) in [6.45, 7) is 2.13. The van der Waals surface area contributed by atoms with Gasteiger partial charge < -0.3 is 20.1 Å². The Morgan fingerprint density at radius 1 is 1.06 bits per heavy atom. The molecule has 0 spiro atoms. The van der Waals surface area contributed by atoms with Gasteiger partial charge >= 0.3 is 12.1 Å². The van der Waals surface area contributed by atoms with E-state index in [-0.39, 0.29) is 31.5 Å². The lowest BCUT2D eigenvalue weighted by Gasteiger charge is -2.24. The van der Waals surface area contributed by atoms with Crippen LogP contribution in [0.3, 0.4) is 0 Å². The van der Waals surface area contributed by atoms with E-state index in [1.165, 1.54) is 4.90 Å². The van der Waals surface area contributed by atoms with E-state index in [0.29, 0.717) is 12.5 Å². The van der Waals surface area contributed by atoms with Crippen LogP contribution in [0, 0.1) is 11.8 Å². The molecule has 1 atom stereocenters. The van der Waals surface area contributed by atoms with Crippen molar-refractivity contribution in [3.05, 3.63) is 59.7 Å². The van der Waals surface area contributed by atoms with E-state index in [1.54, 1.807) is 6.92 Å². The summed E-state index contributed by atoms with van der Waals surface area (Å²) in [6, 6.07) is 16.2. The lowest BCUT2D eigenvalue weighted by molar-refractivity contribution is -0.146. The zero-order chi connectivity index (χ0) is 22.7. The minimum Gasteiger partial charge on any atom is -0.480 e. The van der Waals surface area contributed by atoms with E-state index >= 15 is 0 Å². The first kappa shape index (κ1) is 21.9. The largest absolute Gasteiger partial charge is 0.480 e. The van der Waals surface area contributed by atoms with E-state index in [2.05, 4.69) is 29.6 Å². The second-order valence-corrected chi connectivity index (χ2v) is 8.66. The normalized spacial score (nSPS) is 15.4. The van der Waals surface area contributed by atoms with Gasteiger partial charge in [-0.25, -0.2) is 4.79 Å². The number of hydrogen-bond donors (Lipinski definition) is 2. The Morgan fingerprint density at radius 2 is 1.66 bits per heavy atom. The molecule has 7 nitrogen and oxygen atoms in total. The Hall–Kier alpha value is -3.35. The van der Waals surface area contributed by atoms with Crippen LogP contribution in [0.25, 0.3) is 11.1 Å². The van der Waals surface area contributed by atoms with Crippen LogP contribution in [-0.2, 0) is 14.3 Å². The molecule has 0 heterocycles. The number of aliphatic carboxylic acids is 1. The molecule has 2 N–H and O–H groups in total. The molecule has 2 amide bonds. The number of carbonyl (C=O) groups is 3. The third-order valence-corrected chi connectivity index (χ3v) is 6.13. The van der Waals surface area contributed by atoms with Crippen molar-refractivity contribution in [3.63, 3.8) is 0 Å². The summed E-state index contributed by atoms with van der Waals surface area (Å²) >= 11 is 0. The number of carbonyl (C=O) groups excluding carboxylic acids is 2. The van der Waals surface area contributed by atoms with Crippen LogP contribution in [-0.4, -0.2) is 54.2 Å². The van der Waals surface area contributed by atoms with E-state index in [1.807, 2.05) is 24.3 Å². The summed E-state index contributed by atoms with van der Waals surface area (Å²) < 4.78 is 5.50. The Balaban J connectivity index is 1.30. The van der Waals surface area contributed by atoms with Gasteiger partial charge in [-0.1, -0.05) is 55.5 Å². The summed E-state index contributed by atoms with van der Waals surface area (Å²) in [5, 5.41) is 11.8. The fourth-order valence-corrected chi connectivity index (χ4v) is 4.29. The number of nitrogens with zero attached hydrogens (tertiary/aromatic N) is 1. The molecule has 4 rings (SSSR count). The van der Waals surface area contributed by atoms with Crippen LogP contribution >= 0.6 is 0 Å². The highest BCUT2D eigenvalue weighted by Gasteiger charge is 2.31. The molecular formula is C25H28N2O5. The van der Waals surface area contributed by atoms with Gasteiger partial charge in [-0.05, 0) is 41.0 Å². The smallest absolute Gasteiger partial charge is 0.407 e. The van der Waals surface area contributed by atoms with Crippen molar-refractivity contribution in [3.8, 4) is 11.1 Å². The lowest BCUT2D eigenvalue weighted by Crippen LogP contribution is -2.43. The topological polar surface area (TPSA) is 95.9 Å². The number of benzene rings is 2. The molecule has 2 aliphatic rings. The molecule has 1 fully saturated rings. The number of fused-ring (bicyclic) bond motifs is 3. The highest BCUT2D eigenvalue weighted by Crippen LogP contribution is 2.44. The monoisotopic (exact) mass is 436 g/mol. The summed E-state index contributed by atoms with van der Waals surface area (Å²) in [5.74, 6) is -1.47. The standard InChI is InChI=1S/C25H28N2O5/c1-16(24(30)27(14-23(28)29)13-17-10-11-17)12-26-25(31)32-15-22-20-8-4-2-6-18(20)19-7-3-5-9-21(19)22/h2-9,16-17,22H,10-15H2,1H3,(H,26,31)(H,28,29). The molecule has 2 aliphatic carbocycles. The van der Waals surface area contributed by atoms with Crippen LogP contribution in [0.5, 0.6) is 0 Å². The molecule has 2 aromatic rings. The van der Waals surface area contributed by atoms with Gasteiger partial charge in [-0.2, -0.15) is 0 Å². The molecule has 0 aromatic heterocycles. The summed E-state index contributed by atoms with van der Waals surface area (Å²) in [6.07, 6.45) is 1.46. The molecule has 1 saturated carbocycles. The first-order chi connectivity index (χ1) is 15.4. The third-order valence-electron chi connectivity index (χ3n) is 6.13. The molecule has 32 heavy (non-hydrogen) atoms. The summed E-state index contributed by atoms with van der Waals surface area (Å²) in [7, 11) is 0. The number of alkyl carbamates (subject to hydrolysis) is 1. The molecule has 0 aliphatic heterocycles. The first-order valence-corrected chi connectivity index (χ1v) is 11.0. The maximum absolute atomic E-state index is 12.7. The van der Waals surface area contributed by atoms with Gasteiger partial charge in [0, 0.05) is 19.0 Å². The molecule has 1 unspecified atom stereocenters. The van der Waals surface area contributed by atoms with Crippen molar-refractivity contribution in [1.29, 1.82) is 0 Å². The number of carboxylic acids is 1. The van der Waals surface area contributed by atoms with Crippen molar-refractivity contribution in [2.45, 2.75) is 25.7 Å². The average Bonchev–Trinajstić information content (AvgIpc) is 3.55. The van der Waals surface area contributed by atoms with Crippen LogP contribution in [0.4, 0.5) is 4.79 Å². The average molecular weight is 437 g/mol. The van der Waals surface area contributed by atoms with Gasteiger partial charge in [0.2, 0.25) is 5.91 Å². The van der Waals surface area contributed by atoms with E-state index in [9.17, 15) is 14.4 Å². The van der Waals surface area contributed by atoms with Crippen molar-refractivity contribution in [2.75, 3.05) is 26.2 Å². The van der Waals surface area contributed by atoms with Gasteiger partial charge in [0.05, 0.1) is 5.92 Å². The quantitative estimate of drug-likeness (QED) is 0.627. The highest BCUT2D eigenvalue weighted by molar-refractivity contribution is 5.83. The first-order valence-electron chi connectivity index (χ1n) is 11.0.